The quantitative estimate of drug-likeness (QED) is 0.871. The summed E-state index contributed by atoms with van der Waals surface area (Å²) in [6.07, 6.45) is 2.40. The topological polar surface area (TPSA) is 70.0 Å². The first-order valence-corrected chi connectivity index (χ1v) is 8.10. The van der Waals surface area contributed by atoms with E-state index in [4.69, 9.17) is 28.5 Å². The average molecular weight is 319 g/mol. The lowest BCUT2D eigenvalue weighted by Gasteiger charge is -2.16. The van der Waals surface area contributed by atoms with E-state index < -0.39 is 10.0 Å². The standard InChI is InChI=1S/C12H12Cl2N2O2S/c13-9-2-1-3-11(9)16-19(17,18)12-6-8(7-15)4-5-10(12)14/h4-6,9,11,16H,1-3H2. The van der Waals surface area contributed by atoms with Crippen molar-refractivity contribution in [1.29, 1.82) is 5.26 Å². The predicted molar refractivity (Wildman–Crippen MR) is 73.8 cm³/mol. The Kier molecular flexibility index (Phi) is 4.36. The number of rotatable bonds is 3. The van der Waals surface area contributed by atoms with Crippen LogP contribution in [-0.2, 0) is 10.0 Å². The molecular formula is C12H12Cl2N2O2S. The molecule has 1 aliphatic carbocycles. The van der Waals surface area contributed by atoms with Crippen LogP contribution in [0, 0.1) is 11.3 Å². The molecule has 0 spiro atoms. The fourth-order valence-electron chi connectivity index (χ4n) is 2.09. The Bertz CT molecular complexity index is 625. The molecule has 19 heavy (non-hydrogen) atoms. The second-order valence-electron chi connectivity index (χ2n) is 4.43. The van der Waals surface area contributed by atoms with E-state index in [9.17, 15) is 8.42 Å². The van der Waals surface area contributed by atoms with Gasteiger partial charge >= 0.3 is 0 Å². The van der Waals surface area contributed by atoms with Gasteiger partial charge < -0.3 is 0 Å². The van der Waals surface area contributed by atoms with Gasteiger partial charge in [-0.05, 0) is 31.0 Å². The van der Waals surface area contributed by atoms with Crippen LogP contribution < -0.4 is 4.72 Å². The van der Waals surface area contributed by atoms with E-state index in [2.05, 4.69) is 4.72 Å². The Morgan fingerprint density at radius 1 is 1.37 bits per heavy atom. The molecule has 2 unspecified atom stereocenters. The molecule has 2 rings (SSSR count). The molecule has 1 aromatic rings. The Morgan fingerprint density at radius 3 is 2.68 bits per heavy atom. The Hall–Kier alpha value is -0.800. The molecule has 1 fully saturated rings. The lowest BCUT2D eigenvalue weighted by atomic mass is 10.2. The summed E-state index contributed by atoms with van der Waals surface area (Å²) < 4.78 is 27.1. The van der Waals surface area contributed by atoms with Crippen molar-refractivity contribution >= 4 is 33.2 Å². The van der Waals surface area contributed by atoms with Crippen molar-refractivity contribution in [2.45, 2.75) is 35.6 Å². The monoisotopic (exact) mass is 318 g/mol. The molecule has 7 heteroatoms. The molecule has 0 heterocycles. The number of halogens is 2. The molecule has 0 radical (unpaired) electrons. The van der Waals surface area contributed by atoms with E-state index >= 15 is 0 Å². The maximum atomic E-state index is 12.3. The van der Waals surface area contributed by atoms with Gasteiger partial charge in [-0.3, -0.25) is 0 Å². The third kappa shape index (κ3) is 3.21. The number of nitriles is 1. The maximum absolute atomic E-state index is 12.3. The summed E-state index contributed by atoms with van der Waals surface area (Å²) in [5, 5.41) is 8.71. The first kappa shape index (κ1) is 14.6. The van der Waals surface area contributed by atoms with E-state index in [1.54, 1.807) is 0 Å². The van der Waals surface area contributed by atoms with Crippen LogP contribution in [0.2, 0.25) is 5.02 Å². The SMILES string of the molecule is N#Cc1ccc(Cl)c(S(=O)(=O)NC2CCCC2Cl)c1. The summed E-state index contributed by atoms with van der Waals surface area (Å²) in [4.78, 5) is -0.0796. The molecular weight excluding hydrogens is 307 g/mol. The molecule has 4 nitrogen and oxygen atoms in total. The van der Waals surface area contributed by atoms with E-state index in [0.29, 0.717) is 6.42 Å². The summed E-state index contributed by atoms with van der Waals surface area (Å²) in [7, 11) is -3.76. The van der Waals surface area contributed by atoms with Gasteiger partial charge in [0, 0.05) is 11.4 Å². The summed E-state index contributed by atoms with van der Waals surface area (Å²) in [6, 6.07) is 5.75. The third-order valence-electron chi connectivity index (χ3n) is 3.09. The average Bonchev–Trinajstić information content (AvgIpc) is 2.75. The van der Waals surface area contributed by atoms with Crippen molar-refractivity contribution < 1.29 is 8.42 Å². The molecule has 102 valence electrons. The summed E-state index contributed by atoms with van der Waals surface area (Å²) >= 11 is 12.0. The Morgan fingerprint density at radius 2 is 2.11 bits per heavy atom. The first-order valence-electron chi connectivity index (χ1n) is 5.80. The summed E-state index contributed by atoms with van der Waals surface area (Å²) in [5.74, 6) is 0. The minimum atomic E-state index is -3.76. The van der Waals surface area contributed by atoms with Crippen molar-refractivity contribution in [3.8, 4) is 6.07 Å². The third-order valence-corrected chi connectivity index (χ3v) is 5.58. The van der Waals surface area contributed by atoms with E-state index in [0.717, 1.165) is 12.8 Å². The number of hydrogen-bond donors (Lipinski definition) is 1. The van der Waals surface area contributed by atoms with Gasteiger partial charge in [0.2, 0.25) is 10.0 Å². The molecule has 2 atom stereocenters. The highest BCUT2D eigenvalue weighted by atomic mass is 35.5. The Balaban J connectivity index is 2.32. The predicted octanol–water partition coefficient (Wildman–Crippen LogP) is 2.65. The fraction of sp³-hybridized carbons (Fsp3) is 0.417. The molecule has 0 amide bonds. The maximum Gasteiger partial charge on any atom is 0.242 e. The molecule has 1 N–H and O–H groups in total. The van der Waals surface area contributed by atoms with Crippen molar-refractivity contribution in [3.05, 3.63) is 28.8 Å². The van der Waals surface area contributed by atoms with Gasteiger partial charge in [0.25, 0.3) is 0 Å². The van der Waals surface area contributed by atoms with Crippen LogP contribution in [0.4, 0.5) is 0 Å². The molecule has 0 saturated heterocycles. The van der Waals surface area contributed by atoms with Gasteiger partial charge in [-0.2, -0.15) is 5.26 Å². The normalized spacial score (nSPS) is 23.2. The van der Waals surface area contributed by atoms with Crippen LogP contribution in [0.25, 0.3) is 0 Å². The van der Waals surface area contributed by atoms with Crippen LogP contribution in [0.1, 0.15) is 24.8 Å². The van der Waals surface area contributed by atoms with Gasteiger partial charge in [-0.1, -0.05) is 18.0 Å². The highest BCUT2D eigenvalue weighted by Gasteiger charge is 2.30. The van der Waals surface area contributed by atoms with Crippen LogP contribution in [0.3, 0.4) is 0 Å². The molecule has 1 aromatic carbocycles. The lowest BCUT2D eigenvalue weighted by Crippen LogP contribution is -2.37. The van der Waals surface area contributed by atoms with Crippen LogP contribution in [0.15, 0.2) is 23.1 Å². The zero-order chi connectivity index (χ0) is 14.0. The summed E-state index contributed by atoms with van der Waals surface area (Å²) in [6.45, 7) is 0. The highest BCUT2D eigenvalue weighted by molar-refractivity contribution is 7.89. The van der Waals surface area contributed by atoms with E-state index in [1.807, 2.05) is 6.07 Å². The van der Waals surface area contributed by atoms with Gasteiger partial charge in [0.05, 0.1) is 16.7 Å². The van der Waals surface area contributed by atoms with Gasteiger partial charge in [0.1, 0.15) is 4.90 Å². The van der Waals surface area contributed by atoms with Gasteiger partial charge in [-0.25, -0.2) is 13.1 Å². The van der Waals surface area contributed by atoms with Crippen LogP contribution in [0.5, 0.6) is 0 Å². The largest absolute Gasteiger partial charge is 0.242 e. The van der Waals surface area contributed by atoms with Crippen LogP contribution in [-0.4, -0.2) is 19.8 Å². The molecule has 1 saturated carbocycles. The lowest BCUT2D eigenvalue weighted by molar-refractivity contribution is 0.554. The van der Waals surface area contributed by atoms with E-state index in [1.165, 1.54) is 18.2 Å². The molecule has 0 bridgehead atoms. The number of nitrogens with zero attached hydrogens (tertiary/aromatic N) is 1. The first-order chi connectivity index (χ1) is 8.94. The second-order valence-corrected chi connectivity index (χ2v) is 7.08. The summed E-state index contributed by atoms with van der Waals surface area (Å²) in [5.41, 5.74) is 0.249. The molecule has 1 aliphatic rings. The van der Waals surface area contributed by atoms with Gasteiger partial charge in [0.15, 0.2) is 0 Å². The zero-order valence-corrected chi connectivity index (χ0v) is 12.3. The smallest absolute Gasteiger partial charge is 0.207 e. The van der Waals surface area contributed by atoms with Gasteiger partial charge in [-0.15, -0.1) is 11.6 Å². The minimum absolute atomic E-state index is 0.0796. The zero-order valence-electron chi connectivity index (χ0n) is 9.94. The molecule has 0 aliphatic heterocycles. The van der Waals surface area contributed by atoms with Crippen LogP contribution >= 0.6 is 23.2 Å². The minimum Gasteiger partial charge on any atom is -0.207 e. The number of alkyl halides is 1. The van der Waals surface area contributed by atoms with Crippen molar-refractivity contribution in [1.82, 2.24) is 4.72 Å². The van der Waals surface area contributed by atoms with Crippen molar-refractivity contribution in [2.75, 3.05) is 0 Å². The van der Waals surface area contributed by atoms with Crippen molar-refractivity contribution in [3.63, 3.8) is 0 Å². The molecule has 0 aromatic heterocycles. The number of hydrogen-bond acceptors (Lipinski definition) is 3. The fourth-order valence-corrected chi connectivity index (χ4v) is 4.34. The number of sulfonamides is 1. The highest BCUT2D eigenvalue weighted by Crippen LogP contribution is 2.28. The number of nitrogens with one attached hydrogen (secondary N) is 1. The number of benzene rings is 1. The second kappa shape index (κ2) is 5.68. The van der Waals surface area contributed by atoms with Crippen molar-refractivity contribution in [2.24, 2.45) is 0 Å². The van der Waals surface area contributed by atoms with E-state index in [-0.39, 0.29) is 26.9 Å². The Labute approximate surface area is 122 Å².